The zero-order valence-corrected chi connectivity index (χ0v) is 26.7. The van der Waals surface area contributed by atoms with Crippen molar-refractivity contribution < 1.29 is 33.7 Å². The number of hydrogen-bond donors (Lipinski definition) is 2. The predicted octanol–water partition coefficient (Wildman–Crippen LogP) is 4.99. The lowest BCUT2D eigenvalue weighted by atomic mass is 9.85. The third-order valence-corrected chi connectivity index (χ3v) is 9.02. The number of benzene rings is 1. The zero-order valence-electron chi connectivity index (χ0n) is 26.7. The van der Waals surface area contributed by atoms with Gasteiger partial charge in [0.15, 0.2) is 0 Å². The molecule has 2 amide bonds. The summed E-state index contributed by atoms with van der Waals surface area (Å²) >= 11 is 0. The molecule has 11 nitrogen and oxygen atoms in total. The van der Waals surface area contributed by atoms with Crippen LogP contribution in [-0.2, 0) is 20.7 Å². The molecule has 1 saturated heterocycles. The van der Waals surface area contributed by atoms with Gasteiger partial charge < -0.3 is 29.5 Å². The molecular weight excluding hydrogens is 564 g/mol. The fourth-order valence-electron chi connectivity index (χ4n) is 6.60. The number of aryl methyl sites for hydroxylation is 1. The first-order valence-corrected chi connectivity index (χ1v) is 15.9. The van der Waals surface area contributed by atoms with Crippen molar-refractivity contribution in [3.63, 3.8) is 0 Å². The number of hydrogen-bond acceptors (Lipinski definition) is 8. The van der Waals surface area contributed by atoms with E-state index >= 15 is 0 Å². The second-order valence-electron chi connectivity index (χ2n) is 14.0. The number of nitrogens with one attached hydrogen (secondary N) is 1. The molecule has 3 aliphatic rings. The molecule has 0 spiro atoms. The highest BCUT2D eigenvalue weighted by Crippen LogP contribution is 2.39. The number of fused-ring (bicyclic) bond motifs is 5. The highest BCUT2D eigenvalue weighted by Gasteiger charge is 2.52. The van der Waals surface area contributed by atoms with Crippen LogP contribution in [0.5, 0.6) is 11.6 Å². The van der Waals surface area contributed by atoms with Crippen LogP contribution >= 0.6 is 0 Å². The Balaban J connectivity index is 1.56. The van der Waals surface area contributed by atoms with Crippen LogP contribution < -0.4 is 14.8 Å². The van der Waals surface area contributed by atoms with Crippen LogP contribution in [-0.4, -0.2) is 75.9 Å². The number of methoxy groups -OCH3 is 1. The molecule has 5 rings (SSSR count). The largest absolute Gasteiger partial charge is 0.497 e. The molecule has 2 bridgehead atoms. The molecule has 1 unspecified atom stereocenters. The van der Waals surface area contributed by atoms with Gasteiger partial charge in [0.25, 0.3) is 0 Å². The van der Waals surface area contributed by atoms with E-state index in [4.69, 9.17) is 24.2 Å². The van der Waals surface area contributed by atoms with Gasteiger partial charge in [-0.3, -0.25) is 4.79 Å². The van der Waals surface area contributed by atoms with Crippen molar-refractivity contribution in [3.8, 4) is 11.6 Å². The summed E-state index contributed by atoms with van der Waals surface area (Å²) in [4.78, 5) is 51.2. The average molecular weight is 611 g/mol. The van der Waals surface area contributed by atoms with Crippen molar-refractivity contribution in [2.75, 3.05) is 13.7 Å². The molecule has 2 aliphatic heterocycles. The maximum atomic E-state index is 14.2. The van der Waals surface area contributed by atoms with Crippen molar-refractivity contribution in [1.29, 1.82) is 0 Å². The standard InChI is InChI=1S/C33H46N4O7/c1-18(2)14-21-26-17-37(27(21)31(39)40)30(38)28(33(3,4)5)36-32(41)44-25-15-19(25)10-8-7-9-11-23-29(43-26)35-24-16-20(42-6)12-13-22(24)34-23/h12-13,16,18-19,21,25-28H,7-11,14-15,17H2,1-6H3,(H,36,41)(H,39,40)/t19?,21-,25-,26+,27+,28-/m1/s1. The molecule has 0 radical (unpaired) electrons. The van der Waals surface area contributed by atoms with Crippen LogP contribution in [0.2, 0.25) is 0 Å². The van der Waals surface area contributed by atoms with Gasteiger partial charge in [-0.2, -0.15) is 0 Å². The Kier molecular flexibility index (Phi) is 9.23. The van der Waals surface area contributed by atoms with Crippen LogP contribution in [0.3, 0.4) is 0 Å². The number of carboxylic acid groups (broad SMARTS) is 1. The Morgan fingerprint density at radius 2 is 1.89 bits per heavy atom. The Hall–Kier alpha value is -3.63. The minimum absolute atomic E-state index is 0.0401. The van der Waals surface area contributed by atoms with Gasteiger partial charge in [0.1, 0.15) is 35.7 Å². The van der Waals surface area contributed by atoms with Gasteiger partial charge in [-0.15, -0.1) is 0 Å². The van der Waals surface area contributed by atoms with E-state index in [0.717, 1.165) is 43.3 Å². The lowest BCUT2D eigenvalue weighted by Gasteiger charge is -2.35. The smallest absolute Gasteiger partial charge is 0.408 e. The highest BCUT2D eigenvalue weighted by atomic mass is 16.6. The van der Waals surface area contributed by atoms with Gasteiger partial charge in [0, 0.05) is 12.0 Å². The normalized spacial score (nSPS) is 28.2. The molecule has 2 fully saturated rings. The monoisotopic (exact) mass is 610 g/mol. The number of carbonyl (C=O) groups excluding carboxylic acids is 2. The van der Waals surface area contributed by atoms with Gasteiger partial charge in [0.2, 0.25) is 11.8 Å². The number of ether oxygens (including phenoxy) is 3. The van der Waals surface area contributed by atoms with Crippen LogP contribution in [0.25, 0.3) is 11.0 Å². The molecule has 6 atom stereocenters. The summed E-state index contributed by atoms with van der Waals surface area (Å²) in [5.74, 6) is -0.615. The Bertz CT molecular complexity index is 1390. The second kappa shape index (κ2) is 12.8. The molecule has 1 saturated carbocycles. The van der Waals surface area contributed by atoms with E-state index in [1.807, 2.05) is 46.8 Å². The minimum Gasteiger partial charge on any atom is -0.497 e. The number of carbonyl (C=O) groups is 3. The third-order valence-electron chi connectivity index (χ3n) is 9.02. The third kappa shape index (κ3) is 7.02. The molecule has 1 aliphatic carbocycles. The van der Waals surface area contributed by atoms with Crippen molar-refractivity contribution in [3.05, 3.63) is 23.9 Å². The first kappa shape index (κ1) is 31.8. The van der Waals surface area contributed by atoms with Crippen LogP contribution in [0.1, 0.15) is 78.8 Å². The van der Waals surface area contributed by atoms with Crippen LogP contribution in [0.15, 0.2) is 18.2 Å². The fourth-order valence-corrected chi connectivity index (χ4v) is 6.60. The van der Waals surface area contributed by atoms with Gasteiger partial charge >= 0.3 is 12.1 Å². The first-order chi connectivity index (χ1) is 20.8. The Morgan fingerprint density at radius 1 is 1.11 bits per heavy atom. The summed E-state index contributed by atoms with van der Waals surface area (Å²) < 4.78 is 17.7. The van der Waals surface area contributed by atoms with Crippen LogP contribution in [0.4, 0.5) is 4.79 Å². The summed E-state index contributed by atoms with van der Waals surface area (Å²) in [6.45, 7) is 9.62. The Morgan fingerprint density at radius 3 is 2.57 bits per heavy atom. The molecule has 2 aromatic rings. The molecule has 11 heteroatoms. The highest BCUT2D eigenvalue weighted by molar-refractivity contribution is 5.90. The molecule has 44 heavy (non-hydrogen) atoms. The number of carboxylic acids is 1. The molecule has 3 heterocycles. The van der Waals surface area contributed by atoms with Crippen LogP contribution in [0, 0.1) is 23.2 Å². The average Bonchev–Trinajstić information content (AvgIpc) is 3.58. The van der Waals surface area contributed by atoms with E-state index in [9.17, 15) is 19.5 Å². The topological polar surface area (TPSA) is 140 Å². The first-order valence-electron chi connectivity index (χ1n) is 15.9. The van der Waals surface area contributed by atoms with Crippen molar-refractivity contribution in [2.24, 2.45) is 23.2 Å². The van der Waals surface area contributed by atoms with E-state index in [1.54, 1.807) is 13.2 Å². The van der Waals surface area contributed by atoms with Gasteiger partial charge in [0.05, 0.1) is 24.7 Å². The number of aromatic nitrogens is 2. The van der Waals surface area contributed by atoms with E-state index in [0.29, 0.717) is 35.9 Å². The maximum Gasteiger partial charge on any atom is 0.408 e. The molecular formula is C33H46N4O7. The molecule has 1 aromatic carbocycles. The van der Waals surface area contributed by atoms with Gasteiger partial charge in [-0.25, -0.2) is 19.6 Å². The quantitative estimate of drug-likeness (QED) is 0.490. The number of alkyl carbamates (subject to hydrolysis) is 1. The predicted molar refractivity (Wildman–Crippen MR) is 164 cm³/mol. The summed E-state index contributed by atoms with van der Waals surface area (Å²) in [5.41, 5.74) is 1.35. The maximum absolute atomic E-state index is 14.2. The lowest BCUT2D eigenvalue weighted by molar-refractivity contribution is -0.151. The van der Waals surface area contributed by atoms with Gasteiger partial charge in [-0.05, 0) is 61.5 Å². The number of amides is 2. The van der Waals surface area contributed by atoms with E-state index in [1.165, 1.54) is 4.90 Å². The fraction of sp³-hybridized carbons (Fsp3) is 0.667. The van der Waals surface area contributed by atoms with Crippen molar-refractivity contribution in [1.82, 2.24) is 20.2 Å². The summed E-state index contributed by atoms with van der Waals surface area (Å²) in [6, 6.07) is 3.40. The number of rotatable bonds is 4. The van der Waals surface area contributed by atoms with Crippen molar-refractivity contribution >= 4 is 29.0 Å². The lowest BCUT2D eigenvalue weighted by Crippen LogP contribution is -2.57. The summed E-state index contributed by atoms with van der Waals surface area (Å²) in [5, 5.41) is 13.3. The zero-order chi connectivity index (χ0) is 31.8. The Labute approximate surface area is 259 Å². The summed E-state index contributed by atoms with van der Waals surface area (Å²) in [7, 11) is 1.59. The molecule has 240 valence electrons. The number of aliphatic carboxylic acids is 1. The number of nitrogens with zero attached hydrogens (tertiary/aromatic N) is 3. The minimum atomic E-state index is -1.13. The van der Waals surface area contributed by atoms with E-state index < -0.39 is 47.5 Å². The van der Waals surface area contributed by atoms with E-state index in [-0.39, 0.29) is 18.6 Å². The van der Waals surface area contributed by atoms with E-state index in [2.05, 4.69) is 5.32 Å². The SMILES string of the molecule is COc1ccc2nc3c(nc2c1)O[C@H]1CN(C(=O)[C@H](C(C)(C)C)NC(=O)O[C@@H]2CC2CCCCC3)[C@H](C(=O)O)[C@@H]1CC(C)C. The summed E-state index contributed by atoms with van der Waals surface area (Å²) in [6.07, 6.45) is 4.35. The molecule has 2 N–H and O–H groups in total. The second-order valence-corrected chi connectivity index (χ2v) is 14.0. The molecule has 1 aromatic heterocycles. The van der Waals surface area contributed by atoms with Gasteiger partial charge in [-0.1, -0.05) is 47.5 Å². The van der Waals surface area contributed by atoms with Crippen molar-refractivity contribution in [2.45, 2.75) is 104 Å².